The molecule has 3 heteroatoms. The van der Waals surface area contributed by atoms with Crippen LogP contribution in [0.1, 0.15) is 106 Å². The van der Waals surface area contributed by atoms with Crippen LogP contribution in [-0.2, 0) is 4.43 Å². The summed E-state index contributed by atoms with van der Waals surface area (Å²) in [6.07, 6.45) is 6.18. The molecule has 0 aromatic heterocycles. The van der Waals surface area contributed by atoms with Crippen molar-refractivity contribution in [1.82, 2.24) is 0 Å². The first kappa shape index (κ1) is 17.6. The average molecular weight is 440 g/mol. The Balaban J connectivity index is 1.54. The molecule has 4 aliphatic carbocycles. The zero-order valence-corrected chi connectivity index (χ0v) is 21.6. The van der Waals surface area contributed by atoms with Crippen LogP contribution < -0.4 is 0 Å². The largest absolute Gasteiger partial charge is 0.414 e. The van der Waals surface area contributed by atoms with Gasteiger partial charge in [0.1, 0.15) is 0 Å². The SMILES string of the molecule is [2H]C([2H])([2H])[C@@]([2H])(O)[C@@]1([2H])CC[C@H]2[C@@H]3CC[C@@H]4C[C@H](O[Si](C)(C)C(C)(C)C)CC[C@]4(C)[C@H]3CC[C@@]21C. The van der Waals surface area contributed by atoms with Crippen LogP contribution in [0, 0.1) is 40.4 Å². The Kier molecular flexibility index (Phi) is 4.45. The number of fused-ring (bicyclic) bond motifs is 5. The van der Waals surface area contributed by atoms with Gasteiger partial charge in [-0.1, -0.05) is 34.6 Å². The maximum atomic E-state index is 10.9. The van der Waals surface area contributed by atoms with E-state index in [0.29, 0.717) is 30.3 Å². The van der Waals surface area contributed by atoms with E-state index in [4.69, 9.17) is 9.91 Å². The normalized spacial score (nSPS) is 54.3. The van der Waals surface area contributed by atoms with Crippen LogP contribution in [0.4, 0.5) is 0 Å². The van der Waals surface area contributed by atoms with Gasteiger partial charge in [0.2, 0.25) is 0 Å². The smallest absolute Gasteiger partial charge is 0.192 e. The van der Waals surface area contributed by atoms with E-state index in [0.717, 1.165) is 38.5 Å². The highest BCUT2D eigenvalue weighted by Gasteiger charge is 2.60. The molecular weight excluding hydrogens is 384 g/mol. The van der Waals surface area contributed by atoms with E-state index in [2.05, 4.69) is 40.8 Å². The highest BCUT2D eigenvalue weighted by atomic mass is 28.4. The summed E-state index contributed by atoms with van der Waals surface area (Å²) in [5.41, 5.74) is -0.364. The molecule has 4 fully saturated rings. The fourth-order valence-corrected chi connectivity index (χ4v) is 9.52. The molecule has 4 rings (SSSR count). The second-order valence-corrected chi connectivity index (χ2v) is 18.0. The molecule has 0 aliphatic heterocycles. The van der Waals surface area contributed by atoms with Crippen LogP contribution in [0.25, 0.3) is 0 Å². The van der Waals surface area contributed by atoms with Gasteiger partial charge in [-0.3, -0.25) is 0 Å². The lowest BCUT2D eigenvalue weighted by Gasteiger charge is -2.61. The zero-order valence-electron chi connectivity index (χ0n) is 25.6. The molecule has 1 N–H and O–H groups in total. The van der Waals surface area contributed by atoms with Gasteiger partial charge in [0, 0.05) is 11.6 Å². The van der Waals surface area contributed by atoms with Crippen LogP contribution in [0.2, 0.25) is 18.1 Å². The Labute approximate surface area is 195 Å². The van der Waals surface area contributed by atoms with Crippen molar-refractivity contribution in [1.29, 1.82) is 0 Å². The van der Waals surface area contributed by atoms with Gasteiger partial charge in [0.05, 0.1) is 7.45 Å². The molecule has 0 unspecified atom stereocenters. The van der Waals surface area contributed by atoms with Gasteiger partial charge in [0.15, 0.2) is 8.32 Å². The number of rotatable bonds is 3. The summed E-state index contributed by atoms with van der Waals surface area (Å²) in [6, 6.07) is 0. The number of hydrogen-bond donors (Lipinski definition) is 1. The van der Waals surface area contributed by atoms with Gasteiger partial charge in [-0.05, 0) is 123 Å². The van der Waals surface area contributed by atoms with Crippen molar-refractivity contribution in [2.24, 2.45) is 40.4 Å². The maximum Gasteiger partial charge on any atom is 0.192 e. The molecule has 4 aliphatic rings. The van der Waals surface area contributed by atoms with Crippen LogP contribution >= 0.6 is 0 Å². The zero-order chi connectivity index (χ0) is 26.5. The Morgan fingerprint density at radius 3 is 2.37 bits per heavy atom. The number of hydrogen-bond acceptors (Lipinski definition) is 2. The van der Waals surface area contributed by atoms with Gasteiger partial charge in [-0.15, -0.1) is 0 Å². The van der Waals surface area contributed by atoms with Crippen molar-refractivity contribution >= 4 is 8.32 Å². The van der Waals surface area contributed by atoms with Crippen molar-refractivity contribution < 1.29 is 16.4 Å². The Morgan fingerprint density at radius 1 is 1.03 bits per heavy atom. The molecule has 0 radical (unpaired) electrons. The summed E-state index contributed by atoms with van der Waals surface area (Å²) in [7, 11) is -1.79. The quantitative estimate of drug-likeness (QED) is 0.464. The molecule has 0 saturated heterocycles. The van der Waals surface area contributed by atoms with E-state index in [1.165, 1.54) is 12.8 Å². The minimum Gasteiger partial charge on any atom is -0.414 e. The molecule has 0 amide bonds. The lowest BCUT2D eigenvalue weighted by atomic mass is 9.44. The molecule has 0 aromatic carbocycles. The molecule has 0 bridgehead atoms. The molecule has 9 atom stereocenters. The fourth-order valence-electron chi connectivity index (χ4n) is 8.12. The van der Waals surface area contributed by atoms with Gasteiger partial charge < -0.3 is 9.53 Å². The molecular formula is C27H50O2Si. The third-order valence-corrected chi connectivity index (χ3v) is 15.5. The second-order valence-electron chi connectivity index (χ2n) is 13.3. The molecule has 30 heavy (non-hydrogen) atoms. The summed E-state index contributed by atoms with van der Waals surface area (Å²) in [4.78, 5) is 0. The van der Waals surface area contributed by atoms with Crippen LogP contribution in [0.3, 0.4) is 0 Å². The fraction of sp³-hybridized carbons (Fsp3) is 1.00. The predicted molar refractivity (Wildman–Crippen MR) is 129 cm³/mol. The Hall–Kier alpha value is 0.137. The molecule has 2 nitrogen and oxygen atoms in total. The predicted octanol–water partition coefficient (Wildman–Crippen LogP) is 7.42. The van der Waals surface area contributed by atoms with Crippen molar-refractivity contribution in [2.75, 3.05) is 0 Å². The van der Waals surface area contributed by atoms with E-state index in [9.17, 15) is 6.48 Å². The van der Waals surface area contributed by atoms with Crippen molar-refractivity contribution in [3.8, 4) is 0 Å². The summed E-state index contributed by atoms with van der Waals surface area (Å²) in [5, 5.41) is 11.2. The van der Waals surface area contributed by atoms with Crippen LogP contribution in [0.5, 0.6) is 0 Å². The summed E-state index contributed by atoms with van der Waals surface area (Å²) in [6.45, 7) is 13.3. The van der Waals surface area contributed by atoms with E-state index >= 15 is 0 Å². The van der Waals surface area contributed by atoms with Crippen molar-refractivity contribution in [3.05, 3.63) is 0 Å². The van der Waals surface area contributed by atoms with E-state index in [1.807, 2.05) is 6.92 Å². The molecule has 174 valence electrons. The first-order valence-electron chi connectivity index (χ1n) is 15.1. The molecule has 0 heterocycles. The first-order chi connectivity index (χ1) is 15.7. The highest BCUT2D eigenvalue weighted by molar-refractivity contribution is 6.74. The average Bonchev–Trinajstić information content (AvgIpc) is 2.99. The minimum absolute atomic E-state index is 0.219. The monoisotopic (exact) mass is 439 g/mol. The Bertz CT molecular complexity index is 823. The van der Waals surface area contributed by atoms with Gasteiger partial charge >= 0.3 is 0 Å². The minimum atomic E-state index is -2.88. The summed E-state index contributed by atoms with van der Waals surface area (Å²) >= 11 is 0. The maximum absolute atomic E-state index is 10.9. The van der Waals surface area contributed by atoms with Crippen molar-refractivity contribution in [2.45, 2.75) is 130 Å². The molecule has 0 aromatic rings. The third kappa shape index (κ3) is 3.57. The van der Waals surface area contributed by atoms with E-state index < -0.39 is 32.6 Å². The highest BCUT2D eigenvalue weighted by Crippen LogP contribution is 2.68. The van der Waals surface area contributed by atoms with Crippen LogP contribution in [0.15, 0.2) is 0 Å². The lowest BCUT2D eigenvalue weighted by Crippen LogP contribution is -2.55. The van der Waals surface area contributed by atoms with Gasteiger partial charge in [0.25, 0.3) is 0 Å². The topological polar surface area (TPSA) is 29.5 Å². The van der Waals surface area contributed by atoms with Crippen LogP contribution in [-0.4, -0.2) is 25.6 Å². The Morgan fingerprint density at radius 2 is 1.70 bits per heavy atom. The first-order valence-corrected chi connectivity index (χ1v) is 15.5. The second kappa shape index (κ2) is 7.59. The molecule has 0 spiro atoms. The van der Waals surface area contributed by atoms with E-state index in [-0.39, 0.29) is 16.4 Å². The van der Waals surface area contributed by atoms with Crippen molar-refractivity contribution in [3.63, 3.8) is 0 Å². The van der Waals surface area contributed by atoms with E-state index in [1.54, 1.807) is 0 Å². The summed E-state index contributed by atoms with van der Waals surface area (Å²) < 4.78 is 48.1. The van der Waals surface area contributed by atoms with Gasteiger partial charge in [-0.25, -0.2) is 0 Å². The molecule has 4 saturated carbocycles. The lowest BCUT2D eigenvalue weighted by molar-refractivity contribution is -0.130. The summed E-state index contributed by atoms with van der Waals surface area (Å²) in [5.74, 6) is 0.272. The standard InChI is InChI=1S/C27H50O2Si/c1-18(28)22-11-12-23-21-10-9-19-17-20(29-30(7,8)25(2,3)4)13-15-26(19,5)24(21)14-16-27(22,23)6/h18-24,28H,9-17H2,1-8H3/t18-,19-,20-,21+,22-,23+,24+,26+,27-/m1/s1/i1D3,18D,22D. The number of aliphatic hydroxyl groups is 1. The third-order valence-electron chi connectivity index (χ3n) is 11.0. The van der Waals surface area contributed by atoms with Gasteiger partial charge in [-0.2, -0.15) is 0 Å².